The van der Waals surface area contributed by atoms with Crippen LogP contribution in [-0.2, 0) is 10.0 Å². The maximum Gasteiger partial charge on any atom is 0.272 e. The Labute approximate surface area is 144 Å². The van der Waals surface area contributed by atoms with Gasteiger partial charge in [-0.2, -0.15) is 0 Å². The van der Waals surface area contributed by atoms with Crippen molar-refractivity contribution in [1.29, 1.82) is 0 Å². The van der Waals surface area contributed by atoms with E-state index in [0.717, 1.165) is 36.7 Å². The van der Waals surface area contributed by atoms with Crippen molar-refractivity contribution in [1.82, 2.24) is 10.2 Å². The van der Waals surface area contributed by atoms with Crippen LogP contribution in [0, 0.1) is 5.92 Å². The lowest BCUT2D eigenvalue weighted by molar-refractivity contribution is 0.444. The molecule has 9 heteroatoms. The molecule has 2 aromatic rings. The molecule has 1 atom stereocenters. The van der Waals surface area contributed by atoms with E-state index in [-0.39, 0.29) is 10.0 Å². The van der Waals surface area contributed by atoms with Crippen molar-refractivity contribution >= 4 is 44.6 Å². The number of sulfonamides is 1. The zero-order valence-electron chi connectivity index (χ0n) is 12.6. The minimum atomic E-state index is -3.67. The fourth-order valence-electron chi connectivity index (χ4n) is 2.58. The molecule has 3 heterocycles. The Morgan fingerprint density at radius 2 is 2.13 bits per heavy atom. The van der Waals surface area contributed by atoms with Gasteiger partial charge in [-0.25, -0.2) is 8.42 Å². The molecular weight excluding hydrogens is 356 g/mol. The summed E-state index contributed by atoms with van der Waals surface area (Å²) in [7, 11) is -3.67. The number of rotatable bonds is 4. The lowest BCUT2D eigenvalue weighted by Gasteiger charge is -2.31. The van der Waals surface area contributed by atoms with Crippen molar-refractivity contribution in [2.24, 2.45) is 5.92 Å². The maximum absolute atomic E-state index is 12.2. The van der Waals surface area contributed by atoms with Crippen LogP contribution in [0.1, 0.15) is 19.8 Å². The highest BCUT2D eigenvalue weighted by atomic mass is 35.5. The molecule has 6 nitrogen and oxygen atoms in total. The average molecular weight is 373 g/mol. The quantitative estimate of drug-likeness (QED) is 0.891. The molecule has 23 heavy (non-hydrogen) atoms. The fourth-order valence-corrected chi connectivity index (χ4v) is 5.05. The Morgan fingerprint density at radius 1 is 1.30 bits per heavy atom. The van der Waals surface area contributed by atoms with E-state index in [1.54, 1.807) is 18.2 Å². The topological polar surface area (TPSA) is 75.2 Å². The van der Waals surface area contributed by atoms with Crippen LogP contribution >= 0.6 is 22.9 Å². The molecular formula is C14H17ClN4O2S2. The SMILES string of the molecule is CC1CCCN(c2ccc(NS(=O)(=O)c3ccc(Cl)s3)nn2)C1. The molecule has 0 aliphatic carbocycles. The van der Waals surface area contributed by atoms with E-state index in [9.17, 15) is 8.42 Å². The van der Waals surface area contributed by atoms with Crippen LogP contribution in [0.5, 0.6) is 0 Å². The van der Waals surface area contributed by atoms with Gasteiger partial charge in [-0.3, -0.25) is 4.72 Å². The van der Waals surface area contributed by atoms with E-state index in [1.165, 1.54) is 12.5 Å². The molecule has 1 saturated heterocycles. The van der Waals surface area contributed by atoms with Gasteiger partial charge in [-0.15, -0.1) is 21.5 Å². The molecule has 0 radical (unpaired) electrons. The Morgan fingerprint density at radius 3 is 2.74 bits per heavy atom. The van der Waals surface area contributed by atoms with E-state index in [4.69, 9.17) is 11.6 Å². The second kappa shape index (κ2) is 6.62. The Bertz CT molecular complexity index is 776. The molecule has 2 aromatic heterocycles. The van der Waals surface area contributed by atoms with Gasteiger partial charge in [0, 0.05) is 13.1 Å². The number of anilines is 2. The van der Waals surface area contributed by atoms with E-state index in [1.807, 2.05) is 0 Å². The van der Waals surface area contributed by atoms with Crippen LogP contribution in [-0.4, -0.2) is 31.7 Å². The van der Waals surface area contributed by atoms with Crippen molar-refractivity contribution in [2.75, 3.05) is 22.7 Å². The summed E-state index contributed by atoms with van der Waals surface area (Å²) in [5, 5.41) is 8.13. The Hall–Kier alpha value is -1.38. The van der Waals surface area contributed by atoms with Crippen molar-refractivity contribution in [3.8, 4) is 0 Å². The molecule has 1 aliphatic rings. The van der Waals surface area contributed by atoms with Crippen LogP contribution in [0.15, 0.2) is 28.5 Å². The molecule has 3 rings (SSSR count). The summed E-state index contributed by atoms with van der Waals surface area (Å²) < 4.78 is 27.4. The van der Waals surface area contributed by atoms with Crippen LogP contribution in [0.25, 0.3) is 0 Å². The number of thiophene rings is 1. The normalized spacial score (nSPS) is 18.9. The summed E-state index contributed by atoms with van der Waals surface area (Å²) >= 11 is 6.78. The lowest BCUT2D eigenvalue weighted by atomic mass is 10.0. The lowest BCUT2D eigenvalue weighted by Crippen LogP contribution is -2.34. The maximum atomic E-state index is 12.2. The summed E-state index contributed by atoms with van der Waals surface area (Å²) in [5.41, 5.74) is 0. The summed E-state index contributed by atoms with van der Waals surface area (Å²) in [4.78, 5) is 2.18. The highest BCUT2D eigenvalue weighted by Gasteiger charge is 2.20. The van der Waals surface area contributed by atoms with E-state index in [2.05, 4.69) is 26.7 Å². The largest absolute Gasteiger partial charge is 0.355 e. The highest BCUT2D eigenvalue weighted by Crippen LogP contribution is 2.27. The second-order valence-corrected chi connectivity index (χ2v) is 9.26. The number of nitrogens with zero attached hydrogens (tertiary/aromatic N) is 3. The van der Waals surface area contributed by atoms with Gasteiger partial charge < -0.3 is 4.90 Å². The van der Waals surface area contributed by atoms with E-state index >= 15 is 0 Å². The van der Waals surface area contributed by atoms with E-state index < -0.39 is 10.0 Å². The molecule has 1 unspecified atom stereocenters. The molecule has 0 amide bonds. The van der Waals surface area contributed by atoms with Crippen LogP contribution < -0.4 is 9.62 Å². The highest BCUT2D eigenvalue weighted by molar-refractivity contribution is 7.94. The predicted octanol–water partition coefficient (Wildman–Crippen LogP) is 3.23. The van der Waals surface area contributed by atoms with Gasteiger partial charge in [0.25, 0.3) is 10.0 Å². The number of nitrogens with one attached hydrogen (secondary N) is 1. The third kappa shape index (κ3) is 3.94. The predicted molar refractivity (Wildman–Crippen MR) is 92.8 cm³/mol. The molecule has 0 aromatic carbocycles. The average Bonchev–Trinajstić information content (AvgIpc) is 2.95. The van der Waals surface area contributed by atoms with Crippen molar-refractivity contribution in [2.45, 2.75) is 24.0 Å². The minimum Gasteiger partial charge on any atom is -0.355 e. The molecule has 0 saturated carbocycles. The molecule has 1 fully saturated rings. The van der Waals surface area contributed by atoms with Crippen LogP contribution in [0.3, 0.4) is 0 Å². The summed E-state index contributed by atoms with van der Waals surface area (Å²) in [6.07, 6.45) is 2.36. The molecule has 0 spiro atoms. The number of piperidine rings is 1. The smallest absolute Gasteiger partial charge is 0.272 e. The summed E-state index contributed by atoms with van der Waals surface area (Å²) in [6.45, 7) is 4.12. The van der Waals surface area contributed by atoms with Gasteiger partial charge in [0.2, 0.25) is 0 Å². The third-order valence-corrected chi connectivity index (χ3v) is 6.76. The first-order valence-corrected chi connectivity index (χ1v) is 9.98. The first-order chi connectivity index (χ1) is 10.9. The molecule has 0 bridgehead atoms. The van der Waals surface area contributed by atoms with E-state index in [0.29, 0.717) is 10.3 Å². The minimum absolute atomic E-state index is 0.151. The summed E-state index contributed by atoms with van der Waals surface area (Å²) in [6, 6.07) is 6.44. The zero-order chi connectivity index (χ0) is 16.4. The molecule has 1 aliphatic heterocycles. The van der Waals surface area contributed by atoms with Gasteiger partial charge in [-0.1, -0.05) is 18.5 Å². The van der Waals surface area contributed by atoms with Gasteiger partial charge in [0.1, 0.15) is 4.21 Å². The Kier molecular flexibility index (Phi) is 4.74. The number of halogens is 1. The standard InChI is InChI=1S/C14H17ClN4O2S2/c1-10-3-2-8-19(9-10)13-6-5-12(16-17-13)18-23(20,21)14-7-4-11(15)22-14/h4-7,10H,2-3,8-9H2,1H3,(H,16,18). The van der Waals surface area contributed by atoms with Crippen LogP contribution in [0.2, 0.25) is 4.34 Å². The fraction of sp³-hybridized carbons (Fsp3) is 0.429. The number of hydrogen-bond acceptors (Lipinski definition) is 6. The molecule has 1 N–H and O–H groups in total. The third-order valence-electron chi connectivity index (χ3n) is 3.68. The Balaban J connectivity index is 1.72. The van der Waals surface area contributed by atoms with Crippen molar-refractivity contribution in [3.63, 3.8) is 0 Å². The van der Waals surface area contributed by atoms with Crippen LogP contribution in [0.4, 0.5) is 11.6 Å². The monoisotopic (exact) mass is 372 g/mol. The second-order valence-electron chi connectivity index (χ2n) is 5.63. The van der Waals surface area contributed by atoms with Gasteiger partial charge in [0.05, 0.1) is 4.34 Å². The van der Waals surface area contributed by atoms with Crippen molar-refractivity contribution < 1.29 is 8.42 Å². The van der Waals surface area contributed by atoms with Gasteiger partial charge in [0.15, 0.2) is 11.6 Å². The number of hydrogen-bond donors (Lipinski definition) is 1. The van der Waals surface area contributed by atoms with Gasteiger partial charge in [-0.05, 0) is 43.0 Å². The van der Waals surface area contributed by atoms with Crippen molar-refractivity contribution in [3.05, 3.63) is 28.6 Å². The first-order valence-electron chi connectivity index (χ1n) is 7.31. The molecule has 124 valence electrons. The zero-order valence-corrected chi connectivity index (χ0v) is 15.0. The number of aromatic nitrogens is 2. The summed E-state index contributed by atoms with van der Waals surface area (Å²) in [5.74, 6) is 1.61. The van der Waals surface area contributed by atoms with Gasteiger partial charge >= 0.3 is 0 Å². The first kappa shape index (κ1) is 16.5.